The van der Waals surface area contributed by atoms with Crippen molar-refractivity contribution in [2.75, 3.05) is 0 Å². The van der Waals surface area contributed by atoms with E-state index in [0.29, 0.717) is 0 Å². The molecule has 56 valence electrons. The fourth-order valence-corrected chi connectivity index (χ4v) is 1.59. The molecule has 0 saturated heterocycles. The van der Waals surface area contributed by atoms with Gasteiger partial charge in [0.1, 0.15) is 0 Å². The maximum atomic E-state index is 9.89. The van der Waals surface area contributed by atoms with Crippen molar-refractivity contribution in [1.29, 1.82) is 0 Å². The van der Waals surface area contributed by atoms with Crippen molar-refractivity contribution >= 4 is 6.08 Å². The second kappa shape index (κ2) is 3.52. The lowest BCUT2D eigenvalue weighted by atomic mass is 9.87. The molecule has 0 spiro atoms. The normalized spacial score (nSPS) is 32.9. The van der Waals surface area contributed by atoms with Gasteiger partial charge in [-0.2, -0.15) is 0 Å². The van der Waals surface area contributed by atoms with E-state index in [9.17, 15) is 4.79 Å². The smallest absolute Gasteiger partial charge is 0.211 e. The van der Waals surface area contributed by atoms with E-state index < -0.39 is 0 Å². The highest BCUT2D eigenvalue weighted by Gasteiger charge is 2.17. The molecule has 0 aromatic carbocycles. The molecule has 10 heavy (non-hydrogen) atoms. The number of hydrogen-bond acceptors (Lipinski definition) is 2. The van der Waals surface area contributed by atoms with Gasteiger partial charge in [-0.25, -0.2) is 9.79 Å². The lowest BCUT2D eigenvalue weighted by Crippen LogP contribution is -2.15. The minimum atomic E-state index is 0.279. The third kappa shape index (κ3) is 1.96. The molecule has 0 N–H and O–H groups in total. The molecular weight excluding hydrogens is 126 g/mol. The Balaban J connectivity index is 2.39. The Bertz CT molecular complexity index is 149. The molecule has 0 heterocycles. The van der Waals surface area contributed by atoms with Gasteiger partial charge in [-0.1, -0.05) is 19.8 Å². The van der Waals surface area contributed by atoms with E-state index >= 15 is 0 Å². The molecule has 2 nitrogen and oxygen atoms in total. The van der Waals surface area contributed by atoms with Gasteiger partial charge in [-0.15, -0.1) is 0 Å². The fraction of sp³-hybridized carbons (Fsp3) is 0.875. The summed E-state index contributed by atoms with van der Waals surface area (Å²) in [5, 5.41) is 0. The average Bonchev–Trinajstić information content (AvgIpc) is 1.88. The monoisotopic (exact) mass is 139 g/mol. The highest BCUT2D eigenvalue weighted by Crippen LogP contribution is 2.25. The number of isocyanates is 1. The second-order valence-electron chi connectivity index (χ2n) is 3.15. The average molecular weight is 139 g/mol. The van der Waals surface area contributed by atoms with Gasteiger partial charge in [-0.05, 0) is 18.8 Å². The van der Waals surface area contributed by atoms with Crippen LogP contribution >= 0.6 is 0 Å². The summed E-state index contributed by atoms with van der Waals surface area (Å²) in [5.41, 5.74) is 0. The Morgan fingerprint density at radius 3 is 2.90 bits per heavy atom. The van der Waals surface area contributed by atoms with E-state index in [1.54, 1.807) is 6.08 Å². The van der Waals surface area contributed by atoms with Crippen molar-refractivity contribution in [2.24, 2.45) is 10.9 Å². The second-order valence-corrected chi connectivity index (χ2v) is 3.15. The molecule has 0 aliphatic heterocycles. The Kier molecular flexibility index (Phi) is 2.64. The number of rotatable bonds is 1. The van der Waals surface area contributed by atoms with E-state index in [0.717, 1.165) is 18.8 Å². The summed E-state index contributed by atoms with van der Waals surface area (Å²) in [6.45, 7) is 2.21. The van der Waals surface area contributed by atoms with Crippen molar-refractivity contribution in [2.45, 2.75) is 38.6 Å². The predicted octanol–water partition coefficient (Wildman–Crippen LogP) is 1.90. The number of hydrogen-bond donors (Lipinski definition) is 0. The number of nitrogens with zero attached hydrogens (tertiary/aromatic N) is 1. The Morgan fingerprint density at radius 2 is 2.30 bits per heavy atom. The molecule has 1 rings (SSSR count). The van der Waals surface area contributed by atoms with Crippen LogP contribution in [0.4, 0.5) is 0 Å². The van der Waals surface area contributed by atoms with Crippen LogP contribution in [0.5, 0.6) is 0 Å². The molecule has 1 aliphatic carbocycles. The van der Waals surface area contributed by atoms with E-state index in [1.807, 2.05) is 0 Å². The van der Waals surface area contributed by atoms with Crippen LogP contribution in [0.1, 0.15) is 32.6 Å². The highest BCUT2D eigenvalue weighted by atomic mass is 16.1. The van der Waals surface area contributed by atoms with Crippen LogP contribution < -0.4 is 0 Å². The first-order valence-corrected chi connectivity index (χ1v) is 3.90. The van der Waals surface area contributed by atoms with E-state index in [-0.39, 0.29) is 6.04 Å². The molecule has 0 bridgehead atoms. The Morgan fingerprint density at radius 1 is 1.50 bits per heavy atom. The summed E-state index contributed by atoms with van der Waals surface area (Å²) in [7, 11) is 0. The first-order chi connectivity index (χ1) is 4.83. The summed E-state index contributed by atoms with van der Waals surface area (Å²) in [5.74, 6) is 0.746. The van der Waals surface area contributed by atoms with Crippen molar-refractivity contribution < 1.29 is 4.79 Å². The zero-order valence-corrected chi connectivity index (χ0v) is 6.34. The zero-order valence-electron chi connectivity index (χ0n) is 6.34. The third-order valence-electron chi connectivity index (χ3n) is 2.14. The topological polar surface area (TPSA) is 29.4 Å². The summed E-state index contributed by atoms with van der Waals surface area (Å²) >= 11 is 0. The zero-order chi connectivity index (χ0) is 7.40. The van der Waals surface area contributed by atoms with Crippen molar-refractivity contribution in [3.05, 3.63) is 0 Å². The van der Waals surface area contributed by atoms with Gasteiger partial charge in [0.25, 0.3) is 0 Å². The minimum absolute atomic E-state index is 0.279. The molecule has 0 aromatic heterocycles. The quantitative estimate of drug-likeness (QED) is 0.403. The van der Waals surface area contributed by atoms with E-state index in [2.05, 4.69) is 11.9 Å². The number of carbonyl (C=O) groups excluding carboxylic acids is 1. The Labute approximate surface area is 61.3 Å². The lowest BCUT2D eigenvalue weighted by molar-refractivity contribution is 0.345. The number of aliphatic imine (C=N–C) groups is 1. The molecule has 0 aromatic rings. The first-order valence-electron chi connectivity index (χ1n) is 3.90. The van der Waals surface area contributed by atoms with Gasteiger partial charge >= 0.3 is 0 Å². The van der Waals surface area contributed by atoms with Crippen LogP contribution in [0.2, 0.25) is 0 Å². The predicted molar refractivity (Wildman–Crippen MR) is 39.5 cm³/mol. The van der Waals surface area contributed by atoms with Crippen LogP contribution in [0, 0.1) is 5.92 Å². The molecule has 0 radical (unpaired) electrons. The highest BCUT2D eigenvalue weighted by molar-refractivity contribution is 5.33. The molecule has 1 fully saturated rings. The third-order valence-corrected chi connectivity index (χ3v) is 2.14. The molecule has 2 unspecified atom stereocenters. The van der Waals surface area contributed by atoms with Crippen LogP contribution in [-0.4, -0.2) is 12.1 Å². The summed E-state index contributed by atoms with van der Waals surface area (Å²) in [6.07, 6.45) is 6.31. The summed E-state index contributed by atoms with van der Waals surface area (Å²) < 4.78 is 0. The van der Waals surface area contributed by atoms with Gasteiger partial charge in [0.2, 0.25) is 6.08 Å². The molecule has 1 saturated carbocycles. The van der Waals surface area contributed by atoms with Crippen LogP contribution in [0.25, 0.3) is 0 Å². The maximum absolute atomic E-state index is 9.89. The molecular formula is C8H13NO. The van der Waals surface area contributed by atoms with Gasteiger partial charge in [0.15, 0.2) is 0 Å². The Hall–Kier alpha value is -0.620. The lowest BCUT2D eigenvalue weighted by Gasteiger charge is -2.21. The van der Waals surface area contributed by atoms with Crippen molar-refractivity contribution in [3.63, 3.8) is 0 Å². The van der Waals surface area contributed by atoms with Gasteiger partial charge in [0, 0.05) is 0 Å². The molecule has 2 heteroatoms. The van der Waals surface area contributed by atoms with E-state index in [4.69, 9.17) is 0 Å². The van der Waals surface area contributed by atoms with Crippen molar-refractivity contribution in [1.82, 2.24) is 0 Å². The molecule has 1 aliphatic rings. The van der Waals surface area contributed by atoms with Crippen LogP contribution in [0.3, 0.4) is 0 Å². The van der Waals surface area contributed by atoms with Crippen LogP contribution in [0.15, 0.2) is 4.99 Å². The molecule has 2 atom stereocenters. The molecule has 0 amide bonds. The first kappa shape index (κ1) is 7.49. The maximum Gasteiger partial charge on any atom is 0.235 e. The minimum Gasteiger partial charge on any atom is -0.211 e. The summed E-state index contributed by atoms with van der Waals surface area (Å²) in [6, 6.07) is 0.279. The van der Waals surface area contributed by atoms with Gasteiger partial charge in [0.05, 0.1) is 6.04 Å². The van der Waals surface area contributed by atoms with Gasteiger partial charge < -0.3 is 0 Å². The fourth-order valence-electron chi connectivity index (χ4n) is 1.59. The standard InChI is InChI=1S/C8H13NO/c1-7-3-2-4-8(5-7)9-6-10/h7-8H,2-5H2,1H3. The van der Waals surface area contributed by atoms with Crippen molar-refractivity contribution in [3.8, 4) is 0 Å². The largest absolute Gasteiger partial charge is 0.235 e. The SMILES string of the molecule is CC1CCCC(N=C=O)C1. The van der Waals surface area contributed by atoms with E-state index in [1.165, 1.54) is 12.8 Å². The summed E-state index contributed by atoms with van der Waals surface area (Å²) in [4.78, 5) is 13.6. The van der Waals surface area contributed by atoms with Crippen LogP contribution in [-0.2, 0) is 4.79 Å². The van der Waals surface area contributed by atoms with Gasteiger partial charge in [-0.3, -0.25) is 0 Å².